The molecule has 126 valence electrons. The molecule has 0 amide bonds. The Labute approximate surface area is 149 Å². The van der Waals surface area contributed by atoms with Gasteiger partial charge in [-0.3, -0.25) is 4.98 Å². The first-order valence-corrected chi connectivity index (χ1v) is 7.98. The van der Waals surface area contributed by atoms with E-state index >= 15 is 0 Å². The summed E-state index contributed by atoms with van der Waals surface area (Å²) in [5, 5.41) is 17.4. The van der Waals surface area contributed by atoms with Gasteiger partial charge in [-0.2, -0.15) is 0 Å². The molecular weight excluding hydrogens is 328 g/mol. The van der Waals surface area contributed by atoms with Crippen LogP contribution in [0.25, 0.3) is 28.1 Å². The van der Waals surface area contributed by atoms with Crippen LogP contribution in [0.5, 0.6) is 0 Å². The van der Waals surface area contributed by atoms with E-state index in [9.17, 15) is 4.79 Å². The Bertz CT molecular complexity index is 1060. The predicted molar refractivity (Wildman–Crippen MR) is 97.0 cm³/mol. The van der Waals surface area contributed by atoms with Crippen LogP contribution in [0.1, 0.15) is 10.4 Å². The number of rotatable bonds is 4. The van der Waals surface area contributed by atoms with Crippen LogP contribution in [0.15, 0.2) is 79.3 Å². The van der Waals surface area contributed by atoms with Crippen LogP contribution in [0.4, 0.5) is 0 Å². The number of carboxylic acid groups (broad SMARTS) is 1. The SMILES string of the molecule is O=C(O)c1ccc(-c2cn(-c3cnccc3-c3ccccc3)nn2)cc1. The third kappa shape index (κ3) is 2.95. The Balaban J connectivity index is 1.72. The van der Waals surface area contributed by atoms with Crippen molar-refractivity contribution in [1.82, 2.24) is 20.0 Å². The summed E-state index contributed by atoms with van der Waals surface area (Å²) < 4.78 is 1.68. The number of carbonyl (C=O) groups is 1. The second-order valence-electron chi connectivity index (χ2n) is 5.69. The van der Waals surface area contributed by atoms with Gasteiger partial charge in [0.2, 0.25) is 0 Å². The number of hydrogen-bond donors (Lipinski definition) is 1. The highest BCUT2D eigenvalue weighted by atomic mass is 16.4. The largest absolute Gasteiger partial charge is 0.478 e. The van der Waals surface area contributed by atoms with Gasteiger partial charge in [0.1, 0.15) is 5.69 Å². The molecular formula is C20H14N4O2. The fraction of sp³-hybridized carbons (Fsp3) is 0. The lowest BCUT2D eigenvalue weighted by Gasteiger charge is -2.08. The molecule has 0 unspecified atom stereocenters. The lowest BCUT2D eigenvalue weighted by atomic mass is 10.1. The minimum atomic E-state index is -0.955. The van der Waals surface area contributed by atoms with Crippen molar-refractivity contribution in [2.24, 2.45) is 0 Å². The van der Waals surface area contributed by atoms with Crippen molar-refractivity contribution in [2.45, 2.75) is 0 Å². The predicted octanol–water partition coefficient (Wildman–Crippen LogP) is 3.69. The van der Waals surface area contributed by atoms with E-state index < -0.39 is 5.97 Å². The molecule has 6 heteroatoms. The van der Waals surface area contributed by atoms with Crippen molar-refractivity contribution in [3.05, 3.63) is 84.8 Å². The molecule has 1 N–H and O–H groups in total. The number of pyridine rings is 1. The summed E-state index contributed by atoms with van der Waals surface area (Å²) in [7, 11) is 0. The van der Waals surface area contributed by atoms with Gasteiger partial charge in [0.15, 0.2) is 0 Å². The average Bonchev–Trinajstić information content (AvgIpc) is 3.19. The monoisotopic (exact) mass is 342 g/mol. The molecule has 0 saturated carbocycles. The van der Waals surface area contributed by atoms with E-state index in [1.165, 1.54) is 0 Å². The average molecular weight is 342 g/mol. The first-order valence-electron chi connectivity index (χ1n) is 7.98. The van der Waals surface area contributed by atoms with Gasteiger partial charge in [-0.15, -0.1) is 5.10 Å². The van der Waals surface area contributed by atoms with Crippen LogP contribution in [0.2, 0.25) is 0 Å². The fourth-order valence-corrected chi connectivity index (χ4v) is 2.73. The van der Waals surface area contributed by atoms with Gasteiger partial charge in [-0.1, -0.05) is 47.7 Å². The maximum absolute atomic E-state index is 11.0. The second-order valence-corrected chi connectivity index (χ2v) is 5.69. The number of carboxylic acids is 1. The highest BCUT2D eigenvalue weighted by molar-refractivity contribution is 5.88. The molecule has 0 aliphatic heterocycles. The second kappa shape index (κ2) is 6.60. The van der Waals surface area contributed by atoms with E-state index in [1.54, 1.807) is 47.5 Å². The van der Waals surface area contributed by atoms with Crippen molar-refractivity contribution in [3.8, 4) is 28.1 Å². The normalized spacial score (nSPS) is 10.6. The van der Waals surface area contributed by atoms with E-state index in [4.69, 9.17) is 5.11 Å². The van der Waals surface area contributed by atoms with Gasteiger partial charge in [0.25, 0.3) is 0 Å². The first-order chi connectivity index (χ1) is 12.7. The number of aromatic carboxylic acids is 1. The van der Waals surface area contributed by atoms with E-state index in [0.717, 1.165) is 22.4 Å². The Morgan fingerprint density at radius 2 is 1.69 bits per heavy atom. The Morgan fingerprint density at radius 3 is 2.42 bits per heavy atom. The number of nitrogens with zero attached hydrogens (tertiary/aromatic N) is 4. The van der Waals surface area contributed by atoms with Crippen LogP contribution in [-0.4, -0.2) is 31.1 Å². The van der Waals surface area contributed by atoms with Crippen LogP contribution in [-0.2, 0) is 0 Å². The van der Waals surface area contributed by atoms with Gasteiger partial charge < -0.3 is 5.11 Å². The molecule has 2 aromatic carbocycles. The van der Waals surface area contributed by atoms with E-state index in [1.807, 2.05) is 36.4 Å². The van der Waals surface area contributed by atoms with Gasteiger partial charge in [-0.05, 0) is 23.8 Å². The van der Waals surface area contributed by atoms with E-state index in [-0.39, 0.29) is 5.56 Å². The zero-order valence-corrected chi connectivity index (χ0v) is 13.6. The van der Waals surface area contributed by atoms with Crippen molar-refractivity contribution in [1.29, 1.82) is 0 Å². The lowest BCUT2D eigenvalue weighted by molar-refractivity contribution is 0.0697. The number of hydrogen-bond acceptors (Lipinski definition) is 4. The van der Waals surface area contributed by atoms with Crippen molar-refractivity contribution < 1.29 is 9.90 Å². The molecule has 4 aromatic rings. The molecule has 0 spiro atoms. The molecule has 0 fully saturated rings. The highest BCUT2D eigenvalue weighted by Crippen LogP contribution is 2.26. The van der Waals surface area contributed by atoms with Crippen LogP contribution in [0.3, 0.4) is 0 Å². The molecule has 0 radical (unpaired) electrons. The van der Waals surface area contributed by atoms with Gasteiger partial charge in [0.05, 0.1) is 23.6 Å². The molecule has 2 aromatic heterocycles. The molecule has 0 saturated heterocycles. The summed E-state index contributed by atoms with van der Waals surface area (Å²) in [6.45, 7) is 0. The zero-order chi connectivity index (χ0) is 17.9. The third-order valence-electron chi connectivity index (χ3n) is 4.05. The quantitative estimate of drug-likeness (QED) is 0.612. The summed E-state index contributed by atoms with van der Waals surface area (Å²) in [5.74, 6) is -0.955. The molecule has 6 nitrogen and oxygen atoms in total. The van der Waals surface area contributed by atoms with Crippen LogP contribution >= 0.6 is 0 Å². The third-order valence-corrected chi connectivity index (χ3v) is 4.05. The first kappa shape index (κ1) is 15.7. The van der Waals surface area contributed by atoms with Gasteiger partial charge in [-0.25, -0.2) is 9.48 Å². The van der Waals surface area contributed by atoms with Crippen molar-refractivity contribution >= 4 is 5.97 Å². The molecule has 2 heterocycles. The Kier molecular flexibility index (Phi) is 3.99. The van der Waals surface area contributed by atoms with Gasteiger partial charge >= 0.3 is 5.97 Å². The minimum absolute atomic E-state index is 0.236. The Morgan fingerprint density at radius 1 is 0.923 bits per heavy atom. The van der Waals surface area contributed by atoms with Gasteiger partial charge in [0, 0.05) is 17.3 Å². The summed E-state index contributed by atoms with van der Waals surface area (Å²) in [6.07, 6.45) is 5.29. The van der Waals surface area contributed by atoms with Crippen LogP contribution in [0, 0.1) is 0 Å². The van der Waals surface area contributed by atoms with E-state index in [0.29, 0.717) is 5.69 Å². The van der Waals surface area contributed by atoms with Crippen LogP contribution < -0.4 is 0 Å². The molecule has 0 atom stereocenters. The Hall–Kier alpha value is -3.80. The van der Waals surface area contributed by atoms with Crippen molar-refractivity contribution in [3.63, 3.8) is 0 Å². The molecule has 0 aliphatic rings. The molecule has 0 bridgehead atoms. The minimum Gasteiger partial charge on any atom is -0.478 e. The maximum atomic E-state index is 11.0. The molecule has 26 heavy (non-hydrogen) atoms. The fourth-order valence-electron chi connectivity index (χ4n) is 2.73. The van der Waals surface area contributed by atoms with E-state index in [2.05, 4.69) is 15.3 Å². The van der Waals surface area contributed by atoms with Crippen molar-refractivity contribution in [2.75, 3.05) is 0 Å². The number of aromatic nitrogens is 4. The summed E-state index contributed by atoms with van der Waals surface area (Å²) >= 11 is 0. The smallest absolute Gasteiger partial charge is 0.335 e. The highest BCUT2D eigenvalue weighted by Gasteiger charge is 2.11. The zero-order valence-electron chi connectivity index (χ0n) is 13.6. The maximum Gasteiger partial charge on any atom is 0.335 e. The lowest BCUT2D eigenvalue weighted by Crippen LogP contribution is -1.98. The summed E-state index contributed by atoms with van der Waals surface area (Å²) in [6, 6.07) is 18.5. The molecule has 0 aliphatic carbocycles. The topological polar surface area (TPSA) is 80.9 Å². The summed E-state index contributed by atoms with van der Waals surface area (Å²) in [5.41, 5.74) is 4.57. The molecule has 4 rings (SSSR count). The standard InChI is InChI=1S/C20H14N4O2/c25-20(26)16-8-6-15(7-9-16)18-13-24(23-22-18)19-12-21-11-10-17(19)14-4-2-1-3-5-14/h1-13H,(H,25,26). The number of benzene rings is 2. The summed E-state index contributed by atoms with van der Waals surface area (Å²) in [4.78, 5) is 15.2.